The van der Waals surface area contributed by atoms with Crippen LogP contribution >= 0.6 is 0 Å². The predicted molar refractivity (Wildman–Crippen MR) is 125 cm³/mol. The van der Waals surface area contributed by atoms with Crippen molar-refractivity contribution in [3.63, 3.8) is 0 Å². The monoisotopic (exact) mass is 445 g/mol. The van der Waals surface area contributed by atoms with E-state index >= 15 is 0 Å². The molecule has 0 aliphatic carbocycles. The second-order valence-electron chi connectivity index (χ2n) is 8.62. The fraction of sp³-hybridized carbons (Fsp3) is 0.615. The fourth-order valence-corrected chi connectivity index (χ4v) is 3.92. The molecular formula is C26H39NO5. The molecule has 1 amide bonds. The summed E-state index contributed by atoms with van der Waals surface area (Å²) in [7, 11) is 1.67. The van der Waals surface area contributed by atoms with Crippen LogP contribution in [0.5, 0.6) is 0 Å². The van der Waals surface area contributed by atoms with Gasteiger partial charge in [-0.25, -0.2) is 9.59 Å². The van der Waals surface area contributed by atoms with Crippen molar-refractivity contribution in [2.75, 3.05) is 7.05 Å². The third-order valence-electron chi connectivity index (χ3n) is 5.81. The van der Waals surface area contributed by atoms with E-state index in [1.807, 2.05) is 30.3 Å². The molecule has 32 heavy (non-hydrogen) atoms. The number of nitrogens with zero attached hydrogens (tertiary/aromatic N) is 1. The molecule has 2 atom stereocenters. The molecule has 1 aliphatic heterocycles. The largest absolute Gasteiger partial charge is 0.441 e. The van der Waals surface area contributed by atoms with Gasteiger partial charge in [0.15, 0.2) is 0 Å². The summed E-state index contributed by atoms with van der Waals surface area (Å²) in [5, 5.41) is 10.1. The molecule has 0 radical (unpaired) electrons. The van der Waals surface area contributed by atoms with Crippen LogP contribution in [0.15, 0.2) is 42.0 Å². The Morgan fingerprint density at radius 3 is 2.19 bits per heavy atom. The Kier molecular flexibility index (Phi) is 11.9. The number of aliphatic hydroxyl groups excluding tert-OH is 1. The van der Waals surface area contributed by atoms with Crippen LogP contribution in [-0.4, -0.2) is 41.5 Å². The molecule has 1 heterocycles. The van der Waals surface area contributed by atoms with Gasteiger partial charge in [-0.1, -0.05) is 95.0 Å². The molecule has 6 heteroatoms. The third-order valence-corrected chi connectivity index (χ3v) is 5.81. The SMILES string of the molecule is CCCCCCCCCCCCC(OC(=O)N(C)Cc1ccccc1)C1=CC(=O)OC1O. The zero-order valence-electron chi connectivity index (χ0n) is 19.6. The Hall–Kier alpha value is -2.34. The lowest BCUT2D eigenvalue weighted by atomic mass is 10.0. The van der Waals surface area contributed by atoms with Crippen molar-refractivity contribution in [1.82, 2.24) is 4.90 Å². The lowest BCUT2D eigenvalue weighted by molar-refractivity contribution is -0.152. The molecular weight excluding hydrogens is 406 g/mol. The first-order valence-corrected chi connectivity index (χ1v) is 12.1. The summed E-state index contributed by atoms with van der Waals surface area (Å²) < 4.78 is 10.5. The van der Waals surface area contributed by atoms with Gasteiger partial charge in [-0.15, -0.1) is 0 Å². The van der Waals surface area contributed by atoms with Crippen LogP contribution in [0.25, 0.3) is 0 Å². The zero-order chi connectivity index (χ0) is 23.2. The highest BCUT2D eigenvalue weighted by atomic mass is 16.6. The third kappa shape index (κ3) is 9.43. The Labute approximate surface area is 192 Å². The van der Waals surface area contributed by atoms with Crippen molar-refractivity contribution in [2.45, 2.75) is 96.5 Å². The normalized spacial score (nSPS) is 16.4. The maximum Gasteiger partial charge on any atom is 0.410 e. The highest BCUT2D eigenvalue weighted by molar-refractivity contribution is 5.86. The van der Waals surface area contributed by atoms with Gasteiger partial charge < -0.3 is 19.5 Å². The number of unbranched alkanes of at least 4 members (excludes halogenated alkanes) is 9. The van der Waals surface area contributed by atoms with E-state index in [1.54, 1.807) is 7.05 Å². The zero-order valence-corrected chi connectivity index (χ0v) is 19.6. The molecule has 1 N–H and O–H groups in total. The van der Waals surface area contributed by atoms with Crippen molar-refractivity contribution in [3.8, 4) is 0 Å². The van der Waals surface area contributed by atoms with Crippen LogP contribution in [0, 0.1) is 0 Å². The van der Waals surface area contributed by atoms with Gasteiger partial charge in [0.1, 0.15) is 6.10 Å². The van der Waals surface area contributed by atoms with Crippen LogP contribution in [0.2, 0.25) is 0 Å². The summed E-state index contributed by atoms with van der Waals surface area (Å²) in [5.41, 5.74) is 1.32. The minimum Gasteiger partial charge on any atom is -0.441 e. The first-order chi connectivity index (χ1) is 15.5. The molecule has 0 bridgehead atoms. The Balaban J connectivity index is 1.79. The number of amides is 1. The van der Waals surface area contributed by atoms with Crippen LogP contribution < -0.4 is 0 Å². The Morgan fingerprint density at radius 2 is 1.62 bits per heavy atom. The molecule has 0 fully saturated rings. The molecule has 1 aliphatic rings. The first-order valence-electron chi connectivity index (χ1n) is 12.1. The maximum absolute atomic E-state index is 12.7. The molecule has 2 unspecified atom stereocenters. The predicted octanol–water partition coefficient (Wildman–Crippen LogP) is 5.74. The highest BCUT2D eigenvalue weighted by Gasteiger charge is 2.33. The molecule has 0 saturated heterocycles. The minimum atomic E-state index is -1.34. The summed E-state index contributed by atoms with van der Waals surface area (Å²) in [4.78, 5) is 25.7. The van der Waals surface area contributed by atoms with Crippen molar-refractivity contribution < 1.29 is 24.2 Å². The van der Waals surface area contributed by atoms with E-state index in [-0.39, 0.29) is 0 Å². The van der Waals surface area contributed by atoms with Crippen LogP contribution in [-0.2, 0) is 20.8 Å². The van der Waals surface area contributed by atoms with Gasteiger partial charge in [-0.3, -0.25) is 0 Å². The summed E-state index contributed by atoms with van der Waals surface area (Å²) in [5.74, 6) is -0.603. The summed E-state index contributed by atoms with van der Waals surface area (Å²) in [6.07, 6.45) is 11.4. The van der Waals surface area contributed by atoms with Gasteiger partial charge in [0.05, 0.1) is 0 Å². The maximum atomic E-state index is 12.7. The lowest BCUT2D eigenvalue weighted by Gasteiger charge is -2.24. The highest BCUT2D eigenvalue weighted by Crippen LogP contribution is 2.25. The molecule has 2 rings (SSSR count). The van der Waals surface area contributed by atoms with E-state index in [2.05, 4.69) is 6.92 Å². The molecule has 6 nitrogen and oxygen atoms in total. The van der Waals surface area contributed by atoms with Gasteiger partial charge >= 0.3 is 12.1 Å². The number of carbonyl (C=O) groups excluding carboxylic acids is 2. The molecule has 1 aromatic rings. The van der Waals surface area contributed by atoms with Crippen molar-refractivity contribution >= 4 is 12.1 Å². The number of cyclic esters (lactones) is 1. The average Bonchev–Trinajstić information content (AvgIpc) is 3.12. The fourth-order valence-electron chi connectivity index (χ4n) is 3.92. The number of hydrogen-bond donors (Lipinski definition) is 1. The summed E-state index contributed by atoms with van der Waals surface area (Å²) in [6, 6.07) is 9.66. The number of aliphatic hydroxyl groups is 1. The van der Waals surface area contributed by atoms with Gasteiger partial charge in [0.2, 0.25) is 6.29 Å². The molecule has 0 spiro atoms. The lowest BCUT2D eigenvalue weighted by Crippen LogP contribution is -2.33. The number of carbonyl (C=O) groups is 2. The molecule has 1 aromatic carbocycles. The topological polar surface area (TPSA) is 76.1 Å². The number of rotatable bonds is 15. The van der Waals surface area contributed by atoms with Crippen molar-refractivity contribution in [3.05, 3.63) is 47.5 Å². The van der Waals surface area contributed by atoms with E-state index in [0.717, 1.165) is 24.8 Å². The molecule has 0 aromatic heterocycles. The van der Waals surface area contributed by atoms with Crippen LogP contribution in [0.4, 0.5) is 4.79 Å². The van der Waals surface area contributed by atoms with Gasteiger partial charge in [-0.05, 0) is 18.4 Å². The quantitative estimate of drug-likeness (QED) is 0.275. The van der Waals surface area contributed by atoms with E-state index in [1.165, 1.54) is 55.9 Å². The van der Waals surface area contributed by atoms with E-state index < -0.39 is 24.5 Å². The summed E-state index contributed by atoms with van der Waals surface area (Å²) in [6.45, 7) is 2.65. The number of hydrogen-bond acceptors (Lipinski definition) is 5. The standard InChI is InChI=1S/C26H39NO5/c1-3-4-5-6-7-8-9-10-11-15-18-23(22-19-24(28)32-25(22)29)31-26(30)27(2)20-21-16-13-12-14-17-21/h12-14,16-17,19,23,25,29H,3-11,15,18,20H2,1-2H3. The van der Waals surface area contributed by atoms with Gasteiger partial charge in [0, 0.05) is 25.2 Å². The van der Waals surface area contributed by atoms with Crippen molar-refractivity contribution in [2.24, 2.45) is 0 Å². The number of esters is 1. The smallest absolute Gasteiger partial charge is 0.410 e. The second kappa shape index (κ2) is 14.7. The number of ether oxygens (including phenoxy) is 2. The number of benzene rings is 1. The van der Waals surface area contributed by atoms with Gasteiger partial charge in [0.25, 0.3) is 0 Å². The average molecular weight is 446 g/mol. The first kappa shape index (κ1) is 25.9. The Morgan fingerprint density at radius 1 is 1.03 bits per heavy atom. The van der Waals surface area contributed by atoms with E-state index in [4.69, 9.17) is 9.47 Å². The van der Waals surface area contributed by atoms with Crippen LogP contribution in [0.3, 0.4) is 0 Å². The second-order valence-corrected chi connectivity index (χ2v) is 8.62. The molecule has 178 valence electrons. The van der Waals surface area contributed by atoms with E-state index in [0.29, 0.717) is 18.5 Å². The Bertz CT molecular complexity index is 718. The van der Waals surface area contributed by atoms with Crippen molar-refractivity contribution in [1.29, 1.82) is 0 Å². The summed E-state index contributed by atoms with van der Waals surface area (Å²) >= 11 is 0. The van der Waals surface area contributed by atoms with E-state index in [9.17, 15) is 14.7 Å². The van der Waals surface area contributed by atoms with Crippen LogP contribution in [0.1, 0.15) is 83.1 Å². The minimum absolute atomic E-state index is 0.326. The molecule has 0 saturated carbocycles. The van der Waals surface area contributed by atoms with Gasteiger partial charge in [-0.2, -0.15) is 0 Å².